The van der Waals surface area contributed by atoms with E-state index in [1.807, 2.05) is 4.90 Å². The number of thiazole rings is 1. The summed E-state index contributed by atoms with van der Waals surface area (Å²) in [5.74, 6) is -0.702. The SMILES string of the molecule is CCCc1nc(CN2CCC[C@H]2C(=O)O)cs1. The number of aryl methyl sites for hydroxylation is 1. The molecule has 1 atom stereocenters. The number of hydrogen-bond acceptors (Lipinski definition) is 4. The summed E-state index contributed by atoms with van der Waals surface area (Å²) in [6, 6.07) is -0.314. The molecule has 1 saturated heterocycles. The van der Waals surface area contributed by atoms with Gasteiger partial charge in [0.1, 0.15) is 6.04 Å². The van der Waals surface area contributed by atoms with Crippen molar-refractivity contribution in [1.29, 1.82) is 0 Å². The summed E-state index contributed by atoms with van der Waals surface area (Å²) >= 11 is 1.68. The van der Waals surface area contributed by atoms with Crippen LogP contribution in [0.4, 0.5) is 0 Å². The molecule has 0 aromatic carbocycles. The first-order chi connectivity index (χ1) is 8.20. The number of likely N-dealkylation sites (tertiary alicyclic amines) is 1. The average molecular weight is 254 g/mol. The fraction of sp³-hybridized carbons (Fsp3) is 0.667. The molecule has 0 radical (unpaired) electrons. The van der Waals surface area contributed by atoms with Gasteiger partial charge >= 0.3 is 5.97 Å². The summed E-state index contributed by atoms with van der Waals surface area (Å²) in [6.45, 7) is 3.69. The lowest BCUT2D eigenvalue weighted by Crippen LogP contribution is -2.35. The minimum Gasteiger partial charge on any atom is -0.480 e. The van der Waals surface area contributed by atoms with Crippen LogP contribution in [0.2, 0.25) is 0 Å². The van der Waals surface area contributed by atoms with E-state index in [9.17, 15) is 4.79 Å². The third kappa shape index (κ3) is 3.04. The number of hydrogen-bond donors (Lipinski definition) is 1. The predicted molar refractivity (Wildman–Crippen MR) is 67.2 cm³/mol. The van der Waals surface area contributed by atoms with Crippen molar-refractivity contribution in [1.82, 2.24) is 9.88 Å². The van der Waals surface area contributed by atoms with Gasteiger partial charge in [0.15, 0.2) is 0 Å². The Labute approximate surface area is 105 Å². The van der Waals surface area contributed by atoms with Gasteiger partial charge in [-0.05, 0) is 32.2 Å². The molecule has 0 unspecified atom stereocenters. The second-order valence-corrected chi connectivity index (χ2v) is 5.39. The van der Waals surface area contributed by atoms with Crippen molar-refractivity contribution in [2.24, 2.45) is 0 Å². The average Bonchev–Trinajstić information content (AvgIpc) is 2.89. The van der Waals surface area contributed by atoms with Crippen molar-refractivity contribution >= 4 is 17.3 Å². The number of carboxylic acid groups (broad SMARTS) is 1. The van der Waals surface area contributed by atoms with Crippen LogP contribution in [0.15, 0.2) is 5.38 Å². The summed E-state index contributed by atoms with van der Waals surface area (Å²) in [5, 5.41) is 12.3. The molecule has 1 aromatic heterocycles. The van der Waals surface area contributed by atoms with Gasteiger partial charge in [0.05, 0.1) is 10.7 Å². The lowest BCUT2D eigenvalue weighted by Gasteiger charge is -2.19. The van der Waals surface area contributed by atoms with E-state index >= 15 is 0 Å². The van der Waals surface area contributed by atoms with Crippen LogP contribution in [0, 0.1) is 0 Å². The van der Waals surface area contributed by atoms with E-state index in [4.69, 9.17) is 5.11 Å². The van der Waals surface area contributed by atoms with Gasteiger partial charge in [-0.15, -0.1) is 11.3 Å². The molecule has 17 heavy (non-hydrogen) atoms. The van der Waals surface area contributed by atoms with Crippen LogP contribution in [0.3, 0.4) is 0 Å². The summed E-state index contributed by atoms with van der Waals surface area (Å²) in [4.78, 5) is 17.6. The number of carbonyl (C=O) groups is 1. The summed E-state index contributed by atoms with van der Waals surface area (Å²) in [6.07, 6.45) is 3.87. The van der Waals surface area contributed by atoms with E-state index in [-0.39, 0.29) is 6.04 Å². The summed E-state index contributed by atoms with van der Waals surface area (Å²) in [5.41, 5.74) is 1.02. The van der Waals surface area contributed by atoms with Crippen LogP contribution in [0.25, 0.3) is 0 Å². The Morgan fingerprint density at radius 2 is 2.53 bits per heavy atom. The second kappa shape index (κ2) is 5.60. The molecule has 5 heteroatoms. The smallest absolute Gasteiger partial charge is 0.320 e. The van der Waals surface area contributed by atoms with Crippen molar-refractivity contribution in [2.45, 2.75) is 45.2 Å². The van der Waals surface area contributed by atoms with Gasteiger partial charge in [-0.1, -0.05) is 6.92 Å². The first-order valence-electron chi connectivity index (χ1n) is 6.11. The second-order valence-electron chi connectivity index (χ2n) is 4.45. The first-order valence-corrected chi connectivity index (χ1v) is 6.98. The number of rotatable bonds is 5. The topological polar surface area (TPSA) is 53.4 Å². The molecule has 0 aliphatic carbocycles. The summed E-state index contributed by atoms with van der Waals surface area (Å²) < 4.78 is 0. The molecule has 94 valence electrons. The van der Waals surface area contributed by atoms with E-state index in [1.54, 1.807) is 11.3 Å². The van der Waals surface area contributed by atoms with Gasteiger partial charge in [-0.2, -0.15) is 0 Å². The van der Waals surface area contributed by atoms with Crippen molar-refractivity contribution in [3.8, 4) is 0 Å². The molecule has 0 spiro atoms. The van der Waals surface area contributed by atoms with Crippen molar-refractivity contribution in [3.05, 3.63) is 16.1 Å². The Bertz CT molecular complexity index is 392. The third-order valence-electron chi connectivity index (χ3n) is 3.08. The fourth-order valence-electron chi connectivity index (χ4n) is 2.25. The third-order valence-corrected chi connectivity index (χ3v) is 4.03. The van der Waals surface area contributed by atoms with Gasteiger partial charge in [0.25, 0.3) is 0 Å². The predicted octanol–water partition coefficient (Wildman–Crippen LogP) is 2.14. The first kappa shape index (κ1) is 12.5. The molecule has 1 aliphatic rings. The Morgan fingerprint density at radius 3 is 3.24 bits per heavy atom. The minimum atomic E-state index is -0.702. The highest BCUT2D eigenvalue weighted by Crippen LogP contribution is 2.21. The molecule has 2 heterocycles. The van der Waals surface area contributed by atoms with E-state index in [1.165, 1.54) is 0 Å². The lowest BCUT2D eigenvalue weighted by atomic mass is 10.2. The molecule has 0 bridgehead atoms. The van der Waals surface area contributed by atoms with Crippen molar-refractivity contribution in [3.63, 3.8) is 0 Å². The molecule has 4 nitrogen and oxygen atoms in total. The van der Waals surface area contributed by atoms with E-state index in [0.29, 0.717) is 6.54 Å². The molecule has 1 fully saturated rings. The van der Waals surface area contributed by atoms with E-state index in [0.717, 1.165) is 42.9 Å². The van der Waals surface area contributed by atoms with Crippen LogP contribution >= 0.6 is 11.3 Å². The van der Waals surface area contributed by atoms with Gasteiger partial charge < -0.3 is 5.11 Å². The number of nitrogens with zero attached hydrogens (tertiary/aromatic N) is 2. The van der Waals surface area contributed by atoms with Crippen LogP contribution in [0.5, 0.6) is 0 Å². The van der Waals surface area contributed by atoms with Gasteiger partial charge in [0, 0.05) is 11.9 Å². The highest BCUT2D eigenvalue weighted by Gasteiger charge is 2.30. The molecule has 1 aromatic rings. The van der Waals surface area contributed by atoms with E-state index < -0.39 is 5.97 Å². The zero-order chi connectivity index (χ0) is 12.3. The fourth-order valence-corrected chi connectivity index (χ4v) is 3.14. The number of aromatic nitrogens is 1. The maximum atomic E-state index is 11.1. The zero-order valence-electron chi connectivity index (χ0n) is 10.1. The van der Waals surface area contributed by atoms with Crippen molar-refractivity contribution in [2.75, 3.05) is 6.54 Å². The largest absolute Gasteiger partial charge is 0.480 e. The Balaban J connectivity index is 1.97. The molecule has 2 rings (SSSR count). The molecular formula is C12H18N2O2S. The standard InChI is InChI=1S/C12H18N2O2S/c1-2-4-11-13-9(8-17-11)7-14-6-3-5-10(14)12(15)16/h8,10H,2-7H2,1H3,(H,15,16)/t10-/m0/s1. The Hall–Kier alpha value is -0.940. The van der Waals surface area contributed by atoms with Gasteiger partial charge in [0.2, 0.25) is 0 Å². The quantitative estimate of drug-likeness (QED) is 0.874. The molecule has 1 N–H and O–H groups in total. The normalized spacial score (nSPS) is 20.9. The summed E-state index contributed by atoms with van der Waals surface area (Å²) in [7, 11) is 0. The number of carboxylic acids is 1. The Kier molecular flexibility index (Phi) is 4.12. The monoisotopic (exact) mass is 254 g/mol. The van der Waals surface area contributed by atoms with E-state index in [2.05, 4.69) is 17.3 Å². The maximum absolute atomic E-state index is 11.1. The van der Waals surface area contributed by atoms with Gasteiger partial charge in [-0.25, -0.2) is 4.98 Å². The van der Waals surface area contributed by atoms with Crippen LogP contribution in [-0.2, 0) is 17.8 Å². The maximum Gasteiger partial charge on any atom is 0.320 e. The Morgan fingerprint density at radius 1 is 1.71 bits per heavy atom. The highest BCUT2D eigenvalue weighted by molar-refractivity contribution is 7.09. The molecule has 0 amide bonds. The minimum absolute atomic E-state index is 0.314. The number of aliphatic carboxylic acids is 1. The van der Waals surface area contributed by atoms with Crippen LogP contribution in [-0.4, -0.2) is 33.5 Å². The van der Waals surface area contributed by atoms with Crippen LogP contribution in [0.1, 0.15) is 36.9 Å². The molecule has 1 aliphatic heterocycles. The lowest BCUT2D eigenvalue weighted by molar-refractivity contribution is -0.142. The zero-order valence-corrected chi connectivity index (χ0v) is 10.9. The molecular weight excluding hydrogens is 236 g/mol. The van der Waals surface area contributed by atoms with Crippen molar-refractivity contribution < 1.29 is 9.90 Å². The van der Waals surface area contributed by atoms with Crippen LogP contribution < -0.4 is 0 Å². The highest BCUT2D eigenvalue weighted by atomic mass is 32.1. The molecule has 0 saturated carbocycles. The van der Waals surface area contributed by atoms with Gasteiger partial charge in [-0.3, -0.25) is 9.69 Å².